The highest BCUT2D eigenvalue weighted by Gasteiger charge is 2.22. The molecule has 1 aliphatic heterocycles. The summed E-state index contributed by atoms with van der Waals surface area (Å²) < 4.78 is 5.15. The van der Waals surface area contributed by atoms with Crippen LogP contribution in [-0.2, 0) is 20.7 Å². The highest BCUT2D eigenvalue weighted by Crippen LogP contribution is 2.21. The van der Waals surface area contributed by atoms with E-state index in [0.29, 0.717) is 39.1 Å². The molecule has 1 aliphatic rings. The van der Waals surface area contributed by atoms with Gasteiger partial charge in [-0.05, 0) is 36.5 Å². The van der Waals surface area contributed by atoms with Gasteiger partial charge in [0.05, 0.1) is 12.5 Å². The van der Waals surface area contributed by atoms with E-state index < -0.39 is 0 Å². The number of ether oxygens (including phenoxy) is 1. The van der Waals surface area contributed by atoms with Crippen molar-refractivity contribution in [1.29, 1.82) is 0 Å². The predicted octanol–water partition coefficient (Wildman–Crippen LogP) is 3.51. The van der Waals surface area contributed by atoms with Gasteiger partial charge < -0.3 is 10.1 Å². The van der Waals surface area contributed by atoms with Gasteiger partial charge in [0, 0.05) is 19.0 Å². The van der Waals surface area contributed by atoms with Gasteiger partial charge in [0.1, 0.15) is 6.67 Å². The minimum atomic E-state index is -0.304. The van der Waals surface area contributed by atoms with Gasteiger partial charge in [-0.3, -0.25) is 9.59 Å². The number of carbonyl (C=O) groups is 2. The van der Waals surface area contributed by atoms with Crippen LogP contribution in [0.25, 0.3) is 11.1 Å². The van der Waals surface area contributed by atoms with Gasteiger partial charge in [-0.1, -0.05) is 66.7 Å². The van der Waals surface area contributed by atoms with Crippen LogP contribution in [0, 0.1) is 5.92 Å². The monoisotopic (exact) mass is 437 g/mol. The molecule has 8 nitrogen and oxygen atoms in total. The molecule has 1 unspecified atom stereocenters. The Labute approximate surface area is 189 Å². The molecule has 0 bridgehead atoms. The van der Waals surface area contributed by atoms with Crippen molar-refractivity contribution >= 4 is 11.9 Å². The van der Waals surface area contributed by atoms with Crippen LogP contribution in [0.1, 0.15) is 32.3 Å². The van der Waals surface area contributed by atoms with E-state index in [9.17, 15) is 9.59 Å². The van der Waals surface area contributed by atoms with E-state index in [1.807, 2.05) is 25.1 Å². The summed E-state index contributed by atoms with van der Waals surface area (Å²) in [5, 5.41) is 12.4. The summed E-state index contributed by atoms with van der Waals surface area (Å²) in [6, 6.07) is 18.3. The van der Waals surface area contributed by atoms with Gasteiger partial charge in [0.25, 0.3) is 0 Å². The van der Waals surface area contributed by atoms with E-state index in [-0.39, 0.29) is 23.8 Å². The van der Waals surface area contributed by atoms with E-state index in [2.05, 4.69) is 57.6 Å². The zero-order valence-corrected chi connectivity index (χ0v) is 18.7. The molecule has 2 aromatic carbocycles. The molecule has 1 amide bonds. The van der Waals surface area contributed by atoms with Crippen molar-refractivity contribution in [2.45, 2.75) is 39.2 Å². The highest BCUT2D eigenvalue weighted by atomic mass is 16.5. The number of hydrogen-bond acceptors (Lipinski definition) is 7. The number of esters is 1. The Morgan fingerprint density at radius 3 is 2.50 bits per heavy atom. The minimum Gasteiger partial charge on any atom is -0.466 e. The standard InChI is InChI=1S/C24H31N5O3/c1-3-32-24(31)18(2)15-22(26-23(30)13-14-29-17-25-27-28-29)16-19-9-11-21(12-10-19)20-7-5-4-6-8-20/h4-12,18,22H,3,13-17H2,1-2H3,(H,25,28)(H,26,30)/t18-,22?/m1/s1. The average molecular weight is 438 g/mol. The number of carbonyl (C=O) groups excluding carboxylic acids is 2. The molecule has 32 heavy (non-hydrogen) atoms. The zero-order chi connectivity index (χ0) is 22.8. The third-order valence-corrected chi connectivity index (χ3v) is 5.33. The molecule has 0 saturated heterocycles. The first-order valence-corrected chi connectivity index (χ1v) is 11.0. The van der Waals surface area contributed by atoms with E-state index in [1.54, 1.807) is 11.9 Å². The summed E-state index contributed by atoms with van der Waals surface area (Å²) in [4.78, 5) is 24.7. The first-order chi connectivity index (χ1) is 15.5. The second-order valence-corrected chi connectivity index (χ2v) is 7.92. The number of hydrazine groups is 1. The number of nitrogens with one attached hydrogen (secondary N) is 2. The molecule has 2 N–H and O–H groups in total. The van der Waals surface area contributed by atoms with E-state index in [0.717, 1.165) is 16.7 Å². The first-order valence-electron chi connectivity index (χ1n) is 11.0. The summed E-state index contributed by atoms with van der Waals surface area (Å²) in [5.41, 5.74) is 6.14. The maximum Gasteiger partial charge on any atom is 0.308 e. The fraction of sp³-hybridized carbons (Fsp3) is 0.417. The van der Waals surface area contributed by atoms with Crippen molar-refractivity contribution in [3.8, 4) is 11.1 Å². The Bertz CT molecular complexity index is 894. The molecule has 1 heterocycles. The summed E-state index contributed by atoms with van der Waals surface area (Å²) in [7, 11) is 0. The zero-order valence-electron chi connectivity index (χ0n) is 18.7. The number of benzene rings is 2. The van der Waals surface area contributed by atoms with Gasteiger partial charge in [-0.15, -0.1) is 0 Å². The Balaban J connectivity index is 1.62. The van der Waals surface area contributed by atoms with Crippen LogP contribution in [0.2, 0.25) is 0 Å². The average Bonchev–Trinajstić information content (AvgIpc) is 3.33. The number of nitrogens with zero attached hydrogens (tertiary/aromatic N) is 3. The molecule has 0 radical (unpaired) electrons. The molecule has 0 fully saturated rings. The Morgan fingerprint density at radius 2 is 1.84 bits per heavy atom. The molecule has 2 atom stereocenters. The molecule has 0 aromatic heterocycles. The van der Waals surface area contributed by atoms with Crippen molar-refractivity contribution in [3.63, 3.8) is 0 Å². The van der Waals surface area contributed by atoms with Crippen molar-refractivity contribution in [3.05, 3.63) is 60.2 Å². The summed E-state index contributed by atoms with van der Waals surface area (Å²) >= 11 is 0. The smallest absolute Gasteiger partial charge is 0.308 e. The van der Waals surface area contributed by atoms with Crippen LogP contribution < -0.4 is 10.9 Å². The molecular weight excluding hydrogens is 406 g/mol. The summed E-state index contributed by atoms with van der Waals surface area (Å²) in [6.07, 6.45) is 1.46. The lowest BCUT2D eigenvalue weighted by atomic mass is 9.94. The van der Waals surface area contributed by atoms with E-state index in [1.165, 1.54) is 0 Å². The third kappa shape index (κ3) is 7.16. The predicted molar refractivity (Wildman–Crippen MR) is 122 cm³/mol. The van der Waals surface area contributed by atoms with Gasteiger partial charge in [0.2, 0.25) is 5.91 Å². The largest absolute Gasteiger partial charge is 0.466 e. The van der Waals surface area contributed by atoms with Gasteiger partial charge in [-0.25, -0.2) is 5.53 Å². The molecule has 3 rings (SSSR count). The number of rotatable bonds is 11. The summed E-state index contributed by atoms with van der Waals surface area (Å²) in [6.45, 7) is 4.92. The molecule has 170 valence electrons. The lowest BCUT2D eigenvalue weighted by molar-refractivity contribution is -0.148. The van der Waals surface area contributed by atoms with Crippen LogP contribution >= 0.6 is 0 Å². The third-order valence-electron chi connectivity index (χ3n) is 5.33. The summed E-state index contributed by atoms with van der Waals surface area (Å²) in [5.74, 6) is -0.613. The quantitative estimate of drug-likeness (QED) is 0.525. The van der Waals surface area contributed by atoms with Crippen LogP contribution in [0.4, 0.5) is 0 Å². The normalized spacial score (nSPS) is 15.1. The molecule has 2 aromatic rings. The molecule has 0 spiro atoms. The van der Waals surface area contributed by atoms with Gasteiger partial charge in [-0.2, -0.15) is 10.1 Å². The second-order valence-electron chi connectivity index (χ2n) is 7.92. The van der Waals surface area contributed by atoms with E-state index >= 15 is 0 Å². The maximum atomic E-state index is 12.6. The molecule has 8 heteroatoms. The van der Waals surface area contributed by atoms with Crippen molar-refractivity contribution < 1.29 is 14.3 Å². The lowest BCUT2D eigenvalue weighted by Gasteiger charge is -2.22. The van der Waals surface area contributed by atoms with Crippen molar-refractivity contribution in [1.82, 2.24) is 15.9 Å². The van der Waals surface area contributed by atoms with E-state index in [4.69, 9.17) is 4.74 Å². The number of hydrogen-bond donors (Lipinski definition) is 2. The van der Waals surface area contributed by atoms with Gasteiger partial charge >= 0.3 is 5.97 Å². The Kier molecular flexibility index (Phi) is 8.74. The SMILES string of the molecule is CCOC(=O)[C@H](C)CC(Cc1ccc(-c2ccccc2)cc1)NC(=O)CCN1CN=NN1. The van der Waals surface area contributed by atoms with Crippen LogP contribution in [0.5, 0.6) is 0 Å². The number of amides is 1. The maximum absolute atomic E-state index is 12.6. The topological polar surface area (TPSA) is 95.4 Å². The highest BCUT2D eigenvalue weighted by molar-refractivity contribution is 5.77. The molecule has 0 aliphatic carbocycles. The molecule has 0 saturated carbocycles. The van der Waals surface area contributed by atoms with Crippen LogP contribution in [0.15, 0.2) is 64.9 Å². The first kappa shape index (κ1) is 23.4. The minimum absolute atomic E-state index is 0.0688. The van der Waals surface area contributed by atoms with Crippen LogP contribution in [0.3, 0.4) is 0 Å². The fourth-order valence-electron chi connectivity index (χ4n) is 3.64. The fourth-order valence-corrected chi connectivity index (χ4v) is 3.64. The Hall–Kier alpha value is -3.26. The lowest BCUT2D eigenvalue weighted by Crippen LogP contribution is -2.41. The molecular formula is C24H31N5O3. The van der Waals surface area contributed by atoms with Crippen molar-refractivity contribution in [2.24, 2.45) is 16.3 Å². The second kappa shape index (κ2) is 12.0. The Morgan fingerprint density at radius 1 is 1.12 bits per heavy atom. The van der Waals surface area contributed by atoms with Crippen molar-refractivity contribution in [2.75, 3.05) is 19.8 Å². The van der Waals surface area contributed by atoms with Gasteiger partial charge in [0.15, 0.2) is 0 Å². The van der Waals surface area contributed by atoms with Crippen LogP contribution in [-0.4, -0.2) is 42.7 Å².